The summed E-state index contributed by atoms with van der Waals surface area (Å²) in [6.07, 6.45) is 3.46. The van der Waals surface area contributed by atoms with Gasteiger partial charge < -0.3 is 0 Å². The molecule has 0 saturated carbocycles. The molecule has 0 saturated heterocycles. The number of hydrogen-bond donors (Lipinski definition) is 0. The van der Waals surface area contributed by atoms with Crippen molar-refractivity contribution in [3.8, 4) is 11.8 Å². The highest BCUT2D eigenvalue weighted by atomic mass is 79.9. The molecule has 0 unspecified atom stereocenters. The molecular weight excluding hydrogens is 360 g/mol. The molecule has 0 fully saturated rings. The van der Waals surface area contributed by atoms with Crippen LogP contribution in [0, 0.1) is 11.8 Å². The van der Waals surface area contributed by atoms with Gasteiger partial charge in [-0.3, -0.25) is 0 Å². The summed E-state index contributed by atoms with van der Waals surface area (Å²) in [5, 5.41) is 0. The van der Waals surface area contributed by atoms with E-state index in [0.29, 0.717) is 0 Å². The van der Waals surface area contributed by atoms with Gasteiger partial charge in [0.25, 0.3) is 0 Å². The Balaban J connectivity index is 1.91. The quantitative estimate of drug-likeness (QED) is 0.759. The van der Waals surface area contributed by atoms with Crippen molar-refractivity contribution in [2.24, 2.45) is 0 Å². The monoisotopic (exact) mass is 374 g/mol. The van der Waals surface area contributed by atoms with Crippen LogP contribution in [0.1, 0.15) is 11.1 Å². The van der Waals surface area contributed by atoms with Crippen LogP contribution in [-0.2, 0) is 9.84 Å². The molecule has 112 valence electrons. The Hall–Kier alpha value is -1.83. The number of hydrogen-bond acceptors (Lipinski definition) is 2. The molecule has 0 aliphatic carbocycles. The first kappa shape index (κ1) is 16.5. The Morgan fingerprint density at radius 2 is 1.68 bits per heavy atom. The van der Waals surface area contributed by atoms with Gasteiger partial charge >= 0.3 is 0 Å². The second kappa shape index (κ2) is 7.98. The summed E-state index contributed by atoms with van der Waals surface area (Å²) in [7, 11) is -3.20. The van der Waals surface area contributed by atoms with E-state index >= 15 is 0 Å². The SMILES string of the molecule is O=S(=O)(CC#Cc1ccccc1)C/C=C/c1ccc(Br)cc1. The molecule has 2 aromatic rings. The van der Waals surface area contributed by atoms with Crippen molar-refractivity contribution in [3.63, 3.8) is 0 Å². The normalized spacial score (nSPS) is 11.1. The van der Waals surface area contributed by atoms with E-state index < -0.39 is 9.84 Å². The molecule has 0 spiro atoms. The van der Waals surface area contributed by atoms with Gasteiger partial charge in [0.1, 0.15) is 5.75 Å². The van der Waals surface area contributed by atoms with Crippen LogP contribution >= 0.6 is 15.9 Å². The van der Waals surface area contributed by atoms with Crippen LogP contribution in [0.5, 0.6) is 0 Å². The molecule has 4 heteroatoms. The first-order valence-corrected chi connectivity index (χ1v) is 9.33. The number of sulfone groups is 1. The molecule has 0 radical (unpaired) electrons. The minimum atomic E-state index is -3.20. The zero-order chi connectivity index (χ0) is 15.8. The third kappa shape index (κ3) is 5.88. The Morgan fingerprint density at radius 3 is 2.36 bits per heavy atom. The lowest BCUT2D eigenvalue weighted by Crippen LogP contribution is -2.07. The molecule has 2 rings (SSSR count). The van der Waals surface area contributed by atoms with Gasteiger partial charge in [-0.15, -0.1) is 0 Å². The molecule has 0 N–H and O–H groups in total. The zero-order valence-corrected chi connectivity index (χ0v) is 14.3. The average Bonchev–Trinajstić information content (AvgIpc) is 2.50. The highest BCUT2D eigenvalue weighted by Crippen LogP contribution is 2.11. The minimum Gasteiger partial charge on any atom is -0.228 e. The van der Waals surface area contributed by atoms with Gasteiger partial charge in [-0.25, -0.2) is 8.42 Å². The first-order chi connectivity index (χ1) is 10.6. The van der Waals surface area contributed by atoms with E-state index in [1.807, 2.05) is 54.6 Å². The van der Waals surface area contributed by atoms with E-state index in [4.69, 9.17) is 0 Å². The van der Waals surface area contributed by atoms with Crippen molar-refractivity contribution in [2.75, 3.05) is 11.5 Å². The average molecular weight is 375 g/mol. The molecule has 0 aromatic heterocycles. The van der Waals surface area contributed by atoms with Gasteiger partial charge in [-0.2, -0.15) is 0 Å². The Labute approximate surface area is 139 Å². The molecular formula is C18H15BrO2S. The molecule has 0 aliphatic rings. The first-order valence-electron chi connectivity index (χ1n) is 6.72. The van der Waals surface area contributed by atoms with Crippen molar-refractivity contribution in [2.45, 2.75) is 0 Å². The molecule has 0 bridgehead atoms. The van der Waals surface area contributed by atoms with E-state index in [9.17, 15) is 8.42 Å². The summed E-state index contributed by atoms with van der Waals surface area (Å²) >= 11 is 3.36. The van der Waals surface area contributed by atoms with Crippen LogP contribution in [-0.4, -0.2) is 19.9 Å². The fourth-order valence-electron chi connectivity index (χ4n) is 1.73. The summed E-state index contributed by atoms with van der Waals surface area (Å²) in [6.45, 7) is 0. The Kier molecular flexibility index (Phi) is 6.00. The van der Waals surface area contributed by atoms with Crippen LogP contribution < -0.4 is 0 Å². The Bertz CT molecular complexity index is 796. The van der Waals surface area contributed by atoms with Crippen LogP contribution in [0.4, 0.5) is 0 Å². The molecule has 22 heavy (non-hydrogen) atoms. The van der Waals surface area contributed by atoms with Crippen LogP contribution in [0.2, 0.25) is 0 Å². The van der Waals surface area contributed by atoms with Crippen molar-refractivity contribution >= 4 is 31.8 Å². The van der Waals surface area contributed by atoms with Gasteiger partial charge in [0, 0.05) is 10.0 Å². The highest BCUT2D eigenvalue weighted by Gasteiger charge is 2.05. The zero-order valence-electron chi connectivity index (χ0n) is 11.9. The minimum absolute atomic E-state index is 0.00741. The number of benzene rings is 2. The third-order valence-electron chi connectivity index (χ3n) is 2.83. The van der Waals surface area contributed by atoms with E-state index in [2.05, 4.69) is 27.8 Å². The summed E-state index contributed by atoms with van der Waals surface area (Å²) in [5.74, 6) is 5.44. The largest absolute Gasteiger partial charge is 0.228 e. The molecule has 0 amide bonds. The lowest BCUT2D eigenvalue weighted by Gasteiger charge is -1.96. The van der Waals surface area contributed by atoms with Gasteiger partial charge in [-0.05, 0) is 29.8 Å². The lowest BCUT2D eigenvalue weighted by molar-refractivity contribution is 0.602. The molecule has 2 nitrogen and oxygen atoms in total. The van der Waals surface area contributed by atoms with Crippen LogP contribution in [0.25, 0.3) is 6.08 Å². The van der Waals surface area contributed by atoms with Gasteiger partial charge in [-0.1, -0.05) is 70.3 Å². The van der Waals surface area contributed by atoms with Crippen molar-refractivity contribution in [1.29, 1.82) is 0 Å². The van der Waals surface area contributed by atoms with E-state index in [-0.39, 0.29) is 11.5 Å². The summed E-state index contributed by atoms with van der Waals surface area (Å²) < 4.78 is 24.8. The molecule has 0 aliphatic heterocycles. The van der Waals surface area contributed by atoms with Crippen molar-refractivity contribution < 1.29 is 8.42 Å². The maximum atomic E-state index is 11.9. The number of halogens is 1. The smallest absolute Gasteiger partial charge is 0.165 e. The van der Waals surface area contributed by atoms with Crippen LogP contribution in [0.15, 0.2) is 65.1 Å². The molecule has 2 aromatic carbocycles. The third-order valence-corrected chi connectivity index (χ3v) is 4.64. The summed E-state index contributed by atoms with van der Waals surface area (Å²) in [4.78, 5) is 0. The molecule has 0 atom stereocenters. The van der Waals surface area contributed by atoms with Gasteiger partial charge in [0.05, 0.1) is 5.75 Å². The van der Waals surface area contributed by atoms with Crippen LogP contribution in [0.3, 0.4) is 0 Å². The summed E-state index contributed by atoms with van der Waals surface area (Å²) in [5.41, 5.74) is 1.79. The predicted octanol–water partition coefficient (Wildman–Crippen LogP) is 3.93. The van der Waals surface area contributed by atoms with Gasteiger partial charge in [0.15, 0.2) is 9.84 Å². The van der Waals surface area contributed by atoms with E-state index in [0.717, 1.165) is 15.6 Å². The van der Waals surface area contributed by atoms with Crippen molar-refractivity contribution in [1.82, 2.24) is 0 Å². The maximum Gasteiger partial charge on any atom is 0.165 e. The van der Waals surface area contributed by atoms with E-state index in [1.54, 1.807) is 12.2 Å². The maximum absolute atomic E-state index is 11.9. The second-order valence-electron chi connectivity index (χ2n) is 4.68. The molecule has 0 heterocycles. The highest BCUT2D eigenvalue weighted by molar-refractivity contribution is 9.10. The fourth-order valence-corrected chi connectivity index (χ4v) is 2.80. The number of rotatable bonds is 4. The fraction of sp³-hybridized carbons (Fsp3) is 0.111. The topological polar surface area (TPSA) is 34.1 Å². The van der Waals surface area contributed by atoms with Crippen molar-refractivity contribution in [3.05, 3.63) is 76.3 Å². The second-order valence-corrected chi connectivity index (χ2v) is 7.70. The van der Waals surface area contributed by atoms with E-state index in [1.165, 1.54) is 0 Å². The summed E-state index contributed by atoms with van der Waals surface area (Å²) in [6, 6.07) is 17.0. The predicted molar refractivity (Wildman–Crippen MR) is 95.1 cm³/mol. The van der Waals surface area contributed by atoms with Gasteiger partial charge in [0.2, 0.25) is 0 Å². The standard InChI is InChI=1S/C18H15BrO2S/c19-18-12-10-17(11-13-18)9-5-15-22(20,21)14-4-8-16-6-2-1-3-7-16/h1-3,5-7,9-13H,14-15H2/b9-5+. The lowest BCUT2D eigenvalue weighted by atomic mass is 10.2. The Morgan fingerprint density at radius 1 is 1.00 bits per heavy atom.